The second-order valence-electron chi connectivity index (χ2n) is 6.49. The average molecular weight is 294 g/mol. The van der Waals surface area contributed by atoms with Gasteiger partial charge in [-0.15, -0.1) is 0 Å². The monoisotopic (exact) mass is 294 g/mol. The number of aliphatic hydroxyl groups excluding tert-OH is 1. The van der Waals surface area contributed by atoms with E-state index < -0.39 is 0 Å². The number of carbonyl (C=O) groups excluding carboxylic acids is 1. The number of Topliss-reactive ketones (excluding diaryl/α,β-unsaturated/α-hetero) is 1. The van der Waals surface area contributed by atoms with Gasteiger partial charge in [0.1, 0.15) is 5.76 Å². The highest BCUT2D eigenvalue weighted by Gasteiger charge is 2.40. The van der Waals surface area contributed by atoms with Crippen molar-refractivity contribution in [1.29, 1.82) is 0 Å². The molecule has 1 N–H and O–H groups in total. The normalized spacial score (nSPS) is 22.8. The molecular weight excluding hydrogens is 272 g/mol. The smallest absolute Gasteiger partial charge is 0.167 e. The van der Waals surface area contributed by atoms with Gasteiger partial charge in [0.15, 0.2) is 5.78 Å². The quantitative estimate of drug-likeness (QED) is 0.644. The van der Waals surface area contributed by atoms with E-state index in [2.05, 4.69) is 19.1 Å². The van der Waals surface area contributed by atoms with Crippen molar-refractivity contribution >= 4 is 5.78 Å². The molecule has 1 fully saturated rings. The average Bonchev–Trinajstić information content (AvgIpc) is 2.89. The molecule has 3 rings (SSSR count). The minimum atomic E-state index is -0.0880. The first-order valence-electron chi connectivity index (χ1n) is 7.89. The van der Waals surface area contributed by atoms with Crippen molar-refractivity contribution in [2.75, 3.05) is 0 Å². The third kappa shape index (κ3) is 2.43. The van der Waals surface area contributed by atoms with Gasteiger partial charge in [0.25, 0.3) is 0 Å². The summed E-state index contributed by atoms with van der Waals surface area (Å²) in [6.45, 7) is 6.05. The van der Waals surface area contributed by atoms with Crippen LogP contribution in [0.5, 0.6) is 0 Å². The number of hydrogen-bond donors (Lipinski definition) is 1. The molecule has 1 saturated carbocycles. The van der Waals surface area contributed by atoms with Crippen LogP contribution < -0.4 is 0 Å². The molecule has 0 spiro atoms. The summed E-state index contributed by atoms with van der Waals surface area (Å²) in [6, 6.07) is 4.13. The Bertz CT molecular complexity index is 682. The van der Waals surface area contributed by atoms with Crippen molar-refractivity contribution in [3.63, 3.8) is 0 Å². The molecule has 2 nitrogen and oxygen atoms in total. The van der Waals surface area contributed by atoms with Crippen molar-refractivity contribution in [2.24, 2.45) is 11.8 Å². The molecule has 0 radical (unpaired) electrons. The Morgan fingerprint density at radius 2 is 1.55 bits per heavy atom. The van der Waals surface area contributed by atoms with Crippen LogP contribution in [0.4, 0.5) is 0 Å². The van der Waals surface area contributed by atoms with Crippen LogP contribution in [0.15, 0.2) is 47.8 Å². The highest BCUT2D eigenvalue weighted by atomic mass is 16.3. The van der Waals surface area contributed by atoms with Gasteiger partial charge in [-0.25, -0.2) is 0 Å². The van der Waals surface area contributed by atoms with Gasteiger partial charge in [0.2, 0.25) is 0 Å². The second kappa shape index (κ2) is 5.60. The van der Waals surface area contributed by atoms with Crippen molar-refractivity contribution in [2.45, 2.75) is 33.6 Å². The summed E-state index contributed by atoms with van der Waals surface area (Å²) >= 11 is 0. The molecule has 0 aliphatic heterocycles. The number of aliphatic hydroxyl groups is 1. The lowest BCUT2D eigenvalue weighted by Crippen LogP contribution is -2.35. The highest BCUT2D eigenvalue weighted by molar-refractivity contribution is 6.01. The van der Waals surface area contributed by atoms with Gasteiger partial charge >= 0.3 is 0 Å². The summed E-state index contributed by atoms with van der Waals surface area (Å²) in [6.07, 6.45) is 9.37. The predicted octanol–water partition coefficient (Wildman–Crippen LogP) is 4.76. The van der Waals surface area contributed by atoms with Crippen LogP contribution in [0.2, 0.25) is 0 Å². The molecule has 0 amide bonds. The molecule has 114 valence electrons. The van der Waals surface area contributed by atoms with E-state index in [1.165, 1.54) is 5.56 Å². The number of aryl methyl sites for hydroxylation is 3. The Hall–Kier alpha value is -2.09. The SMILES string of the molecule is Cc1cc(C)c(C(=O)C2CCC2C(O)=C2C=CC=C2)c(C)c1. The summed E-state index contributed by atoms with van der Waals surface area (Å²) in [4.78, 5) is 12.9. The Kier molecular flexibility index (Phi) is 3.78. The molecule has 0 aromatic heterocycles. The van der Waals surface area contributed by atoms with Crippen LogP contribution in [-0.4, -0.2) is 10.9 Å². The number of ketones is 1. The topological polar surface area (TPSA) is 37.3 Å². The van der Waals surface area contributed by atoms with E-state index in [0.717, 1.165) is 35.1 Å². The number of hydrogen-bond acceptors (Lipinski definition) is 2. The second-order valence-corrected chi connectivity index (χ2v) is 6.49. The minimum absolute atomic E-state index is 0.0324. The van der Waals surface area contributed by atoms with Gasteiger partial charge < -0.3 is 5.11 Å². The summed E-state index contributed by atoms with van der Waals surface area (Å²) in [7, 11) is 0. The Morgan fingerprint density at radius 1 is 1.00 bits per heavy atom. The van der Waals surface area contributed by atoms with Crippen LogP contribution in [0.3, 0.4) is 0 Å². The number of rotatable bonds is 3. The van der Waals surface area contributed by atoms with Crippen molar-refractivity contribution in [3.8, 4) is 0 Å². The maximum Gasteiger partial charge on any atom is 0.167 e. The van der Waals surface area contributed by atoms with Crippen LogP contribution in [0, 0.1) is 32.6 Å². The molecule has 1 aromatic rings. The fourth-order valence-electron chi connectivity index (χ4n) is 3.65. The van der Waals surface area contributed by atoms with Crippen LogP contribution in [0.25, 0.3) is 0 Å². The molecule has 2 heteroatoms. The molecule has 0 bridgehead atoms. The van der Waals surface area contributed by atoms with Gasteiger partial charge in [-0.2, -0.15) is 0 Å². The summed E-state index contributed by atoms with van der Waals surface area (Å²) < 4.78 is 0. The van der Waals surface area contributed by atoms with Crippen molar-refractivity contribution in [3.05, 3.63) is 70.0 Å². The number of carbonyl (C=O) groups is 1. The first-order valence-corrected chi connectivity index (χ1v) is 7.89. The Morgan fingerprint density at radius 3 is 2.05 bits per heavy atom. The van der Waals surface area contributed by atoms with Crippen LogP contribution >= 0.6 is 0 Å². The predicted molar refractivity (Wildman–Crippen MR) is 89.1 cm³/mol. The van der Waals surface area contributed by atoms with E-state index in [4.69, 9.17) is 0 Å². The number of allylic oxidation sites excluding steroid dienone is 6. The standard InChI is InChI=1S/C20H22O2/c1-12-10-13(2)18(14(3)11-12)20(22)17-9-8-16(17)19(21)15-6-4-5-7-15/h4-7,10-11,16-17,21H,8-9H2,1-3H3. The third-order valence-corrected chi connectivity index (χ3v) is 4.84. The van der Waals surface area contributed by atoms with Crippen molar-refractivity contribution < 1.29 is 9.90 Å². The van der Waals surface area contributed by atoms with Gasteiger partial charge in [-0.1, -0.05) is 42.0 Å². The molecule has 2 aliphatic carbocycles. The maximum absolute atomic E-state index is 12.9. The highest BCUT2D eigenvalue weighted by Crippen LogP contribution is 2.43. The largest absolute Gasteiger partial charge is 0.511 e. The van der Waals surface area contributed by atoms with E-state index in [-0.39, 0.29) is 17.6 Å². The van der Waals surface area contributed by atoms with E-state index in [9.17, 15) is 9.90 Å². The van der Waals surface area contributed by atoms with Gasteiger partial charge in [0.05, 0.1) is 0 Å². The van der Waals surface area contributed by atoms with E-state index >= 15 is 0 Å². The molecule has 2 unspecified atom stereocenters. The number of benzene rings is 1. The lowest BCUT2D eigenvalue weighted by atomic mass is 9.67. The molecule has 1 aromatic carbocycles. The molecular formula is C20H22O2. The molecule has 2 atom stereocenters. The van der Waals surface area contributed by atoms with Gasteiger partial charge in [-0.05, 0) is 44.7 Å². The van der Waals surface area contributed by atoms with Gasteiger partial charge in [0, 0.05) is 23.0 Å². The Labute approximate surface area is 131 Å². The van der Waals surface area contributed by atoms with E-state index in [1.54, 1.807) is 0 Å². The summed E-state index contributed by atoms with van der Waals surface area (Å²) in [5.41, 5.74) is 4.96. The zero-order valence-electron chi connectivity index (χ0n) is 13.4. The minimum Gasteiger partial charge on any atom is -0.511 e. The molecule has 22 heavy (non-hydrogen) atoms. The molecule has 0 saturated heterocycles. The third-order valence-electron chi connectivity index (χ3n) is 4.84. The first kappa shape index (κ1) is 14.8. The maximum atomic E-state index is 12.9. The van der Waals surface area contributed by atoms with Crippen LogP contribution in [-0.2, 0) is 0 Å². The van der Waals surface area contributed by atoms with E-state index in [1.807, 2.05) is 38.2 Å². The zero-order valence-corrected chi connectivity index (χ0v) is 13.4. The summed E-state index contributed by atoms with van der Waals surface area (Å²) in [5.74, 6) is 0.436. The molecule has 0 heterocycles. The summed E-state index contributed by atoms with van der Waals surface area (Å²) in [5, 5.41) is 10.4. The fraction of sp³-hybridized carbons (Fsp3) is 0.350. The van der Waals surface area contributed by atoms with Gasteiger partial charge in [-0.3, -0.25) is 4.79 Å². The van der Waals surface area contributed by atoms with Crippen LogP contribution in [0.1, 0.15) is 39.9 Å². The molecule has 2 aliphatic rings. The lowest BCUT2D eigenvalue weighted by Gasteiger charge is -2.36. The Balaban J connectivity index is 1.89. The first-order chi connectivity index (χ1) is 10.5. The van der Waals surface area contributed by atoms with E-state index in [0.29, 0.717) is 5.76 Å². The fourth-order valence-corrected chi connectivity index (χ4v) is 3.65. The lowest BCUT2D eigenvalue weighted by molar-refractivity contribution is 0.0720. The van der Waals surface area contributed by atoms with Crippen molar-refractivity contribution in [1.82, 2.24) is 0 Å². The zero-order chi connectivity index (χ0) is 15.9.